The molecular weight excluding hydrogens is 180 g/mol. The van der Waals surface area contributed by atoms with Gasteiger partial charge in [-0.2, -0.15) is 0 Å². The Morgan fingerprint density at radius 2 is 2.07 bits per heavy atom. The Morgan fingerprint density at radius 3 is 2.43 bits per heavy atom. The summed E-state index contributed by atoms with van der Waals surface area (Å²) in [7, 11) is 0. The van der Waals surface area contributed by atoms with Gasteiger partial charge in [0.1, 0.15) is 0 Å². The van der Waals surface area contributed by atoms with Crippen molar-refractivity contribution < 1.29 is 9.90 Å². The zero-order valence-corrected chi connectivity index (χ0v) is 9.36. The van der Waals surface area contributed by atoms with Crippen molar-refractivity contribution in [3.63, 3.8) is 0 Å². The van der Waals surface area contributed by atoms with Gasteiger partial charge in [-0.05, 0) is 12.8 Å². The van der Waals surface area contributed by atoms with Crippen molar-refractivity contribution >= 4 is 5.91 Å². The van der Waals surface area contributed by atoms with Crippen LogP contribution in [0.4, 0.5) is 0 Å². The molecule has 4 heteroatoms. The van der Waals surface area contributed by atoms with Gasteiger partial charge in [0, 0.05) is 13.1 Å². The summed E-state index contributed by atoms with van der Waals surface area (Å²) < 4.78 is 0. The minimum atomic E-state index is -0.438. The second-order valence-electron chi connectivity index (χ2n) is 3.55. The number of hydrogen-bond acceptors (Lipinski definition) is 3. The summed E-state index contributed by atoms with van der Waals surface area (Å²) in [6.07, 6.45) is 0.892. The van der Waals surface area contributed by atoms with Crippen LogP contribution >= 0.6 is 0 Å². The minimum absolute atomic E-state index is 0.00714. The van der Waals surface area contributed by atoms with Gasteiger partial charge in [-0.1, -0.05) is 20.3 Å². The molecule has 0 rings (SSSR count). The highest BCUT2D eigenvalue weighted by molar-refractivity contribution is 5.81. The van der Waals surface area contributed by atoms with E-state index >= 15 is 0 Å². The Bertz CT molecular complexity index is 170. The van der Waals surface area contributed by atoms with E-state index < -0.39 is 6.04 Å². The highest BCUT2D eigenvalue weighted by Crippen LogP contribution is 2.08. The van der Waals surface area contributed by atoms with Gasteiger partial charge in [0.05, 0.1) is 12.6 Å². The van der Waals surface area contributed by atoms with Crippen LogP contribution in [0.5, 0.6) is 0 Å². The van der Waals surface area contributed by atoms with E-state index in [-0.39, 0.29) is 18.4 Å². The zero-order valence-electron chi connectivity index (χ0n) is 9.36. The lowest BCUT2D eigenvalue weighted by molar-refractivity contribution is -0.134. The first kappa shape index (κ1) is 13.4. The summed E-state index contributed by atoms with van der Waals surface area (Å²) in [4.78, 5) is 13.3. The summed E-state index contributed by atoms with van der Waals surface area (Å²) in [5, 5.41) is 8.76. The van der Waals surface area contributed by atoms with Gasteiger partial charge in [0.2, 0.25) is 5.91 Å². The Hall–Kier alpha value is -0.610. The molecule has 14 heavy (non-hydrogen) atoms. The van der Waals surface area contributed by atoms with Crippen LogP contribution in [0.1, 0.15) is 27.2 Å². The molecule has 0 aromatic rings. The van der Waals surface area contributed by atoms with Gasteiger partial charge in [0.15, 0.2) is 0 Å². The van der Waals surface area contributed by atoms with Crippen LogP contribution < -0.4 is 5.73 Å². The van der Waals surface area contributed by atoms with Crippen LogP contribution in [0.3, 0.4) is 0 Å². The largest absolute Gasteiger partial charge is 0.395 e. The maximum Gasteiger partial charge on any atom is 0.239 e. The van der Waals surface area contributed by atoms with Crippen LogP contribution in [0.2, 0.25) is 0 Å². The average molecular weight is 202 g/mol. The van der Waals surface area contributed by atoms with Gasteiger partial charge in [-0.15, -0.1) is 0 Å². The Morgan fingerprint density at radius 1 is 1.50 bits per heavy atom. The third-order valence-electron chi connectivity index (χ3n) is 2.61. The first-order valence-corrected chi connectivity index (χ1v) is 5.23. The third kappa shape index (κ3) is 3.64. The van der Waals surface area contributed by atoms with E-state index in [0.717, 1.165) is 6.42 Å². The van der Waals surface area contributed by atoms with Crippen molar-refractivity contribution in [3.05, 3.63) is 0 Å². The molecule has 0 radical (unpaired) electrons. The maximum atomic E-state index is 11.8. The number of aliphatic hydroxyl groups excluding tert-OH is 1. The van der Waals surface area contributed by atoms with Crippen molar-refractivity contribution in [3.8, 4) is 0 Å². The Kier molecular flexibility index (Phi) is 6.49. The van der Waals surface area contributed by atoms with E-state index in [1.54, 1.807) is 4.90 Å². The number of hydrogen-bond donors (Lipinski definition) is 2. The summed E-state index contributed by atoms with van der Waals surface area (Å²) >= 11 is 0. The SMILES string of the molecule is CCC(C)C(N)C(=O)N(CC)CCO. The van der Waals surface area contributed by atoms with Gasteiger partial charge in [-0.25, -0.2) is 0 Å². The van der Waals surface area contributed by atoms with E-state index in [1.165, 1.54) is 0 Å². The standard InChI is InChI=1S/C10H22N2O2/c1-4-8(3)9(11)10(14)12(5-2)6-7-13/h8-9,13H,4-7,11H2,1-3H3. The van der Waals surface area contributed by atoms with E-state index in [9.17, 15) is 4.79 Å². The van der Waals surface area contributed by atoms with Gasteiger partial charge in [0.25, 0.3) is 0 Å². The topological polar surface area (TPSA) is 66.6 Å². The maximum absolute atomic E-state index is 11.8. The van der Waals surface area contributed by atoms with Crippen LogP contribution in [0.15, 0.2) is 0 Å². The molecule has 0 spiro atoms. The molecule has 2 atom stereocenters. The molecule has 0 saturated carbocycles. The molecule has 3 N–H and O–H groups in total. The molecule has 0 saturated heterocycles. The van der Waals surface area contributed by atoms with Crippen molar-refractivity contribution in [2.24, 2.45) is 11.7 Å². The third-order valence-corrected chi connectivity index (χ3v) is 2.61. The molecule has 0 heterocycles. The number of amides is 1. The number of carbonyl (C=O) groups excluding carboxylic acids is 1. The fraction of sp³-hybridized carbons (Fsp3) is 0.900. The summed E-state index contributed by atoms with van der Waals surface area (Å²) in [5.74, 6) is 0.131. The Balaban J connectivity index is 4.26. The minimum Gasteiger partial charge on any atom is -0.395 e. The second kappa shape index (κ2) is 6.79. The van der Waals surface area contributed by atoms with Crippen LogP contribution in [0.25, 0.3) is 0 Å². The van der Waals surface area contributed by atoms with E-state index in [2.05, 4.69) is 0 Å². The lowest BCUT2D eigenvalue weighted by Crippen LogP contribution is -2.47. The lowest BCUT2D eigenvalue weighted by atomic mass is 9.99. The first-order chi connectivity index (χ1) is 6.58. The molecule has 4 nitrogen and oxygen atoms in total. The number of likely N-dealkylation sites (N-methyl/N-ethyl adjacent to an activating group) is 1. The number of nitrogens with two attached hydrogens (primary N) is 1. The predicted octanol–water partition coefficient (Wildman–Crippen LogP) is 0.201. The van der Waals surface area contributed by atoms with Crippen molar-refractivity contribution in [1.82, 2.24) is 4.90 Å². The van der Waals surface area contributed by atoms with Crippen molar-refractivity contribution in [2.45, 2.75) is 33.2 Å². The number of nitrogens with zero attached hydrogens (tertiary/aromatic N) is 1. The summed E-state index contributed by atoms with van der Waals surface area (Å²) in [5.41, 5.74) is 5.81. The molecule has 0 aliphatic rings. The highest BCUT2D eigenvalue weighted by atomic mass is 16.3. The number of carbonyl (C=O) groups is 1. The molecule has 0 aliphatic carbocycles. The number of aliphatic hydroxyl groups is 1. The van der Waals surface area contributed by atoms with Gasteiger partial charge in [-0.3, -0.25) is 4.79 Å². The quantitative estimate of drug-likeness (QED) is 0.646. The smallest absolute Gasteiger partial charge is 0.239 e. The summed E-state index contributed by atoms with van der Waals surface area (Å²) in [6.45, 7) is 6.84. The molecule has 0 aromatic heterocycles. The molecule has 0 aromatic carbocycles. The zero-order chi connectivity index (χ0) is 11.1. The fourth-order valence-electron chi connectivity index (χ4n) is 1.25. The predicted molar refractivity (Wildman–Crippen MR) is 56.8 cm³/mol. The molecule has 0 fully saturated rings. The lowest BCUT2D eigenvalue weighted by Gasteiger charge is -2.26. The number of rotatable bonds is 6. The molecule has 0 bridgehead atoms. The van der Waals surface area contributed by atoms with Crippen LogP contribution in [0, 0.1) is 5.92 Å². The summed E-state index contributed by atoms with van der Waals surface area (Å²) in [6, 6.07) is -0.438. The monoisotopic (exact) mass is 202 g/mol. The van der Waals surface area contributed by atoms with E-state index in [0.29, 0.717) is 13.1 Å². The van der Waals surface area contributed by atoms with Crippen LogP contribution in [-0.2, 0) is 4.79 Å². The normalized spacial score (nSPS) is 14.9. The second-order valence-corrected chi connectivity index (χ2v) is 3.55. The van der Waals surface area contributed by atoms with E-state index in [1.807, 2.05) is 20.8 Å². The molecule has 2 unspecified atom stereocenters. The molecule has 1 amide bonds. The molecule has 84 valence electrons. The first-order valence-electron chi connectivity index (χ1n) is 5.23. The van der Waals surface area contributed by atoms with E-state index in [4.69, 9.17) is 10.8 Å². The van der Waals surface area contributed by atoms with Crippen molar-refractivity contribution in [1.29, 1.82) is 0 Å². The van der Waals surface area contributed by atoms with Gasteiger partial charge >= 0.3 is 0 Å². The highest BCUT2D eigenvalue weighted by Gasteiger charge is 2.23. The molecular formula is C10H22N2O2. The molecule has 0 aliphatic heterocycles. The fourth-order valence-corrected chi connectivity index (χ4v) is 1.25. The van der Waals surface area contributed by atoms with Crippen LogP contribution in [-0.4, -0.2) is 41.7 Å². The average Bonchev–Trinajstić information content (AvgIpc) is 2.22. The Labute approximate surface area is 86.1 Å². The van der Waals surface area contributed by atoms with Crippen molar-refractivity contribution in [2.75, 3.05) is 19.7 Å². The van der Waals surface area contributed by atoms with Gasteiger partial charge < -0.3 is 15.7 Å².